The van der Waals surface area contributed by atoms with Crippen LogP contribution >= 0.6 is 11.6 Å². The van der Waals surface area contributed by atoms with Gasteiger partial charge in [-0.1, -0.05) is 29.8 Å². The van der Waals surface area contributed by atoms with Crippen molar-refractivity contribution in [3.05, 3.63) is 63.9 Å². The van der Waals surface area contributed by atoms with E-state index >= 15 is 0 Å². The molecule has 0 aliphatic carbocycles. The first-order chi connectivity index (χ1) is 14.4. The number of hydrogen-bond donors (Lipinski definition) is 0. The molecule has 2 aliphatic rings. The van der Waals surface area contributed by atoms with Gasteiger partial charge in [0.2, 0.25) is 0 Å². The molecule has 3 aromatic rings. The van der Waals surface area contributed by atoms with Gasteiger partial charge in [0.1, 0.15) is 16.9 Å². The van der Waals surface area contributed by atoms with Crippen LogP contribution in [0.4, 0.5) is 0 Å². The molecule has 0 unspecified atom stereocenters. The number of carbonyl (C=O) groups excluding carboxylic acids is 2. The highest BCUT2D eigenvalue weighted by Crippen LogP contribution is 2.42. The highest BCUT2D eigenvalue weighted by molar-refractivity contribution is 6.31. The molecule has 2 aromatic carbocycles. The SMILES string of the molecule is Cc1cc(Cl)cc2c1OC1(CCN(C(=O)c3oc4ccccc4c3C)CC1)CC2=O. The first-order valence-corrected chi connectivity index (χ1v) is 10.5. The lowest BCUT2D eigenvalue weighted by molar-refractivity contribution is -0.00684. The zero-order valence-corrected chi connectivity index (χ0v) is 17.7. The monoisotopic (exact) mass is 423 g/mol. The number of Topliss-reactive ketones (excluding diaryl/α,β-unsaturated/α-hetero) is 1. The third kappa shape index (κ3) is 3.00. The molecule has 0 atom stereocenters. The lowest BCUT2D eigenvalue weighted by Gasteiger charge is -2.44. The van der Waals surface area contributed by atoms with Gasteiger partial charge in [-0.05, 0) is 37.6 Å². The van der Waals surface area contributed by atoms with E-state index in [4.69, 9.17) is 20.8 Å². The average Bonchev–Trinajstić information content (AvgIpc) is 3.06. The van der Waals surface area contributed by atoms with Crippen LogP contribution in [0.2, 0.25) is 5.02 Å². The van der Waals surface area contributed by atoms with Crippen LogP contribution in [-0.2, 0) is 0 Å². The topological polar surface area (TPSA) is 59.8 Å². The van der Waals surface area contributed by atoms with Crippen molar-refractivity contribution >= 4 is 34.3 Å². The Kier molecular flexibility index (Phi) is 4.40. The average molecular weight is 424 g/mol. The van der Waals surface area contributed by atoms with E-state index in [2.05, 4.69) is 0 Å². The van der Waals surface area contributed by atoms with Gasteiger partial charge in [0.25, 0.3) is 5.91 Å². The number of para-hydroxylation sites is 1. The van der Waals surface area contributed by atoms with Gasteiger partial charge in [-0.2, -0.15) is 0 Å². The van der Waals surface area contributed by atoms with Crippen molar-refractivity contribution in [3.8, 4) is 5.75 Å². The molecule has 0 saturated carbocycles. The second kappa shape index (κ2) is 6.88. The lowest BCUT2D eigenvalue weighted by Crippen LogP contribution is -2.52. The molecule has 1 saturated heterocycles. The van der Waals surface area contributed by atoms with Gasteiger partial charge in [-0.25, -0.2) is 0 Å². The summed E-state index contributed by atoms with van der Waals surface area (Å²) >= 11 is 6.12. The molecule has 30 heavy (non-hydrogen) atoms. The molecular formula is C24H22ClNO4. The smallest absolute Gasteiger partial charge is 0.289 e. The number of furan rings is 1. The van der Waals surface area contributed by atoms with Crippen molar-refractivity contribution in [1.29, 1.82) is 0 Å². The quantitative estimate of drug-likeness (QED) is 0.529. The molecule has 0 N–H and O–H groups in total. The van der Waals surface area contributed by atoms with Crippen LogP contribution in [0.5, 0.6) is 5.75 Å². The fourth-order valence-corrected chi connectivity index (χ4v) is 4.90. The Hall–Kier alpha value is -2.79. The first kappa shape index (κ1) is 19.2. The Morgan fingerprint density at radius 3 is 2.60 bits per heavy atom. The van der Waals surface area contributed by atoms with Crippen LogP contribution in [0.3, 0.4) is 0 Å². The minimum atomic E-state index is -0.567. The van der Waals surface area contributed by atoms with E-state index < -0.39 is 5.60 Å². The fraction of sp³-hybridized carbons (Fsp3) is 0.333. The standard InChI is InChI=1S/C24H22ClNO4/c1-14-11-16(25)12-18-19(27)13-24(30-21(14)18)7-9-26(10-8-24)23(28)22-15(2)17-5-3-4-6-20(17)29-22/h3-6,11-12H,7-10,13H2,1-2H3. The number of likely N-dealkylation sites (tertiary alicyclic amines) is 1. The number of carbonyl (C=O) groups is 2. The van der Waals surface area contributed by atoms with Crippen LogP contribution in [0.25, 0.3) is 11.0 Å². The number of ketones is 1. The summed E-state index contributed by atoms with van der Waals surface area (Å²) in [5.41, 5.74) is 2.44. The highest BCUT2D eigenvalue weighted by atomic mass is 35.5. The molecule has 154 valence electrons. The summed E-state index contributed by atoms with van der Waals surface area (Å²) in [5.74, 6) is 0.964. The highest BCUT2D eigenvalue weighted by Gasteiger charge is 2.44. The van der Waals surface area contributed by atoms with E-state index in [0.717, 1.165) is 22.1 Å². The zero-order chi connectivity index (χ0) is 21.0. The van der Waals surface area contributed by atoms with Crippen molar-refractivity contribution in [2.24, 2.45) is 0 Å². The van der Waals surface area contributed by atoms with E-state index in [9.17, 15) is 9.59 Å². The van der Waals surface area contributed by atoms with Gasteiger partial charge in [0, 0.05) is 41.9 Å². The number of hydrogen-bond acceptors (Lipinski definition) is 4. The molecule has 3 heterocycles. The molecule has 0 radical (unpaired) electrons. The molecule has 2 aliphatic heterocycles. The third-order valence-corrected chi connectivity index (χ3v) is 6.56. The normalized spacial score (nSPS) is 17.8. The Balaban J connectivity index is 1.36. The predicted molar refractivity (Wildman–Crippen MR) is 115 cm³/mol. The summed E-state index contributed by atoms with van der Waals surface area (Å²) in [7, 11) is 0. The van der Waals surface area contributed by atoms with Crippen LogP contribution < -0.4 is 4.74 Å². The van der Waals surface area contributed by atoms with Gasteiger partial charge >= 0.3 is 0 Å². The molecule has 1 fully saturated rings. The number of aryl methyl sites for hydroxylation is 2. The van der Waals surface area contributed by atoms with Gasteiger partial charge < -0.3 is 14.1 Å². The number of ether oxygens (including phenoxy) is 1. The maximum atomic E-state index is 13.1. The molecule has 0 bridgehead atoms. The number of rotatable bonds is 1. The van der Waals surface area contributed by atoms with Gasteiger partial charge in [0.05, 0.1) is 12.0 Å². The predicted octanol–water partition coefficient (Wildman–Crippen LogP) is 5.34. The second-order valence-electron chi connectivity index (χ2n) is 8.33. The summed E-state index contributed by atoms with van der Waals surface area (Å²) in [5, 5.41) is 1.50. The van der Waals surface area contributed by atoms with E-state index in [0.29, 0.717) is 54.4 Å². The van der Waals surface area contributed by atoms with Crippen molar-refractivity contribution in [2.75, 3.05) is 13.1 Å². The maximum Gasteiger partial charge on any atom is 0.289 e. The van der Waals surface area contributed by atoms with Crippen LogP contribution in [-0.4, -0.2) is 35.3 Å². The van der Waals surface area contributed by atoms with E-state index in [1.54, 1.807) is 11.0 Å². The van der Waals surface area contributed by atoms with E-state index in [1.165, 1.54) is 0 Å². The molecule has 1 amide bonds. The molecule has 5 rings (SSSR count). The lowest BCUT2D eigenvalue weighted by atomic mass is 9.82. The van der Waals surface area contributed by atoms with Crippen LogP contribution in [0, 0.1) is 13.8 Å². The fourth-order valence-electron chi connectivity index (χ4n) is 4.63. The molecule has 1 aromatic heterocycles. The Bertz CT molecular complexity index is 1190. The van der Waals surface area contributed by atoms with Crippen molar-refractivity contribution in [3.63, 3.8) is 0 Å². The Morgan fingerprint density at radius 1 is 1.13 bits per heavy atom. The number of amides is 1. The van der Waals surface area contributed by atoms with Crippen LogP contribution in [0.1, 0.15) is 51.3 Å². The first-order valence-electron chi connectivity index (χ1n) is 10.2. The van der Waals surface area contributed by atoms with Crippen molar-refractivity contribution < 1.29 is 18.7 Å². The van der Waals surface area contributed by atoms with Gasteiger partial charge in [0.15, 0.2) is 11.5 Å². The van der Waals surface area contributed by atoms with E-state index in [1.807, 2.05) is 44.2 Å². The number of piperidine rings is 1. The maximum absolute atomic E-state index is 13.1. The zero-order valence-electron chi connectivity index (χ0n) is 17.0. The minimum absolute atomic E-state index is 0.0507. The summed E-state index contributed by atoms with van der Waals surface area (Å²) in [6.45, 7) is 4.85. The largest absolute Gasteiger partial charge is 0.486 e. The molecule has 5 nitrogen and oxygen atoms in total. The molecule has 6 heteroatoms. The summed E-state index contributed by atoms with van der Waals surface area (Å²) < 4.78 is 12.2. The third-order valence-electron chi connectivity index (χ3n) is 6.34. The number of fused-ring (bicyclic) bond motifs is 2. The van der Waals surface area contributed by atoms with Crippen molar-refractivity contribution in [1.82, 2.24) is 4.90 Å². The van der Waals surface area contributed by atoms with E-state index in [-0.39, 0.29) is 11.7 Å². The van der Waals surface area contributed by atoms with Crippen molar-refractivity contribution in [2.45, 2.75) is 38.7 Å². The minimum Gasteiger partial charge on any atom is -0.486 e. The number of benzene rings is 2. The number of halogens is 1. The molecular weight excluding hydrogens is 402 g/mol. The van der Waals surface area contributed by atoms with Gasteiger partial charge in [-0.15, -0.1) is 0 Å². The molecule has 1 spiro atoms. The number of nitrogens with zero attached hydrogens (tertiary/aromatic N) is 1. The summed E-state index contributed by atoms with van der Waals surface area (Å²) in [6, 6.07) is 11.2. The Morgan fingerprint density at radius 2 is 1.87 bits per heavy atom. The second-order valence-corrected chi connectivity index (χ2v) is 8.77. The van der Waals surface area contributed by atoms with Gasteiger partial charge in [-0.3, -0.25) is 9.59 Å². The van der Waals surface area contributed by atoms with Crippen LogP contribution in [0.15, 0.2) is 40.8 Å². The summed E-state index contributed by atoms with van der Waals surface area (Å²) in [6.07, 6.45) is 1.52. The Labute approximate surface area is 179 Å². The summed E-state index contributed by atoms with van der Waals surface area (Å²) in [4.78, 5) is 27.7.